The van der Waals surface area contributed by atoms with E-state index >= 15 is 0 Å². The summed E-state index contributed by atoms with van der Waals surface area (Å²) in [4.78, 5) is 30.2. The number of anilines is 3. The van der Waals surface area contributed by atoms with Gasteiger partial charge in [0.1, 0.15) is 5.75 Å². The Morgan fingerprint density at radius 2 is 1.87 bits per heavy atom. The van der Waals surface area contributed by atoms with Crippen LogP contribution in [0.2, 0.25) is 0 Å². The Morgan fingerprint density at radius 3 is 2.58 bits per heavy atom. The van der Waals surface area contributed by atoms with Crippen molar-refractivity contribution in [2.45, 2.75) is 25.3 Å². The Morgan fingerprint density at radius 1 is 1.10 bits per heavy atom. The molecule has 1 aromatic carbocycles. The second-order valence-electron chi connectivity index (χ2n) is 8.27. The maximum atomic E-state index is 12.4. The van der Waals surface area contributed by atoms with Crippen LogP contribution in [0.5, 0.6) is 5.75 Å². The fourth-order valence-electron chi connectivity index (χ4n) is 4.14. The van der Waals surface area contributed by atoms with Crippen LogP contribution >= 0.6 is 0 Å². The number of nitrogens with zero attached hydrogens (tertiary/aromatic N) is 6. The molecule has 31 heavy (non-hydrogen) atoms. The van der Waals surface area contributed by atoms with E-state index < -0.39 is 0 Å². The summed E-state index contributed by atoms with van der Waals surface area (Å²) in [5.41, 5.74) is 2.29. The monoisotopic (exact) mass is 421 g/mol. The van der Waals surface area contributed by atoms with Crippen LogP contribution in [-0.4, -0.2) is 64.8 Å². The first-order valence-corrected chi connectivity index (χ1v) is 10.8. The number of fused-ring (bicyclic) bond motifs is 1. The average molecular weight is 422 g/mol. The molecule has 0 unspecified atom stereocenters. The fourth-order valence-corrected chi connectivity index (χ4v) is 4.14. The van der Waals surface area contributed by atoms with Crippen molar-refractivity contribution in [2.75, 3.05) is 50.6 Å². The van der Waals surface area contributed by atoms with Gasteiger partial charge in [0, 0.05) is 56.4 Å². The molecular formula is C22H27N7O2. The van der Waals surface area contributed by atoms with E-state index in [1.165, 1.54) is 0 Å². The van der Waals surface area contributed by atoms with Crippen molar-refractivity contribution in [1.29, 1.82) is 0 Å². The zero-order valence-electron chi connectivity index (χ0n) is 17.9. The molecule has 1 N–H and O–H groups in total. The Bertz CT molecular complexity index is 1150. The first-order valence-electron chi connectivity index (χ1n) is 10.8. The van der Waals surface area contributed by atoms with Gasteiger partial charge in [-0.25, -0.2) is 14.8 Å². The maximum absolute atomic E-state index is 12.4. The number of ether oxygens (including phenoxy) is 1. The first kappa shape index (κ1) is 19.7. The van der Waals surface area contributed by atoms with Gasteiger partial charge in [0.2, 0.25) is 5.95 Å². The van der Waals surface area contributed by atoms with Gasteiger partial charge in [0.25, 0.3) is 0 Å². The van der Waals surface area contributed by atoms with Crippen LogP contribution in [0.3, 0.4) is 0 Å². The lowest BCUT2D eigenvalue weighted by Crippen LogP contribution is -2.44. The van der Waals surface area contributed by atoms with Gasteiger partial charge in [-0.3, -0.25) is 4.57 Å². The number of nitrogens with one attached hydrogen (secondary N) is 1. The van der Waals surface area contributed by atoms with E-state index in [0.717, 1.165) is 68.0 Å². The largest absolute Gasteiger partial charge is 0.494 e. The van der Waals surface area contributed by atoms with Gasteiger partial charge < -0.3 is 19.9 Å². The van der Waals surface area contributed by atoms with Gasteiger partial charge in [-0.1, -0.05) is 0 Å². The summed E-state index contributed by atoms with van der Waals surface area (Å²) >= 11 is 0. The summed E-state index contributed by atoms with van der Waals surface area (Å²) < 4.78 is 7.35. The number of aromatic nitrogens is 4. The number of piperazine rings is 1. The average Bonchev–Trinajstić information content (AvgIpc) is 2.75. The normalized spacial score (nSPS) is 17.5. The zero-order chi connectivity index (χ0) is 21.4. The minimum Gasteiger partial charge on any atom is -0.494 e. The van der Waals surface area contributed by atoms with Crippen LogP contribution in [0, 0.1) is 0 Å². The van der Waals surface area contributed by atoms with E-state index in [9.17, 15) is 4.79 Å². The molecule has 1 aliphatic carbocycles. The van der Waals surface area contributed by atoms with E-state index in [-0.39, 0.29) is 11.7 Å². The molecule has 5 rings (SSSR count). The third-order valence-corrected chi connectivity index (χ3v) is 6.28. The molecule has 9 nitrogen and oxygen atoms in total. The van der Waals surface area contributed by atoms with Gasteiger partial charge >= 0.3 is 5.69 Å². The summed E-state index contributed by atoms with van der Waals surface area (Å²) in [6.45, 7) is 4.08. The van der Waals surface area contributed by atoms with Crippen molar-refractivity contribution < 1.29 is 4.74 Å². The molecule has 9 heteroatoms. The topological polar surface area (TPSA) is 88.4 Å². The number of benzene rings is 1. The molecule has 1 saturated heterocycles. The van der Waals surface area contributed by atoms with Crippen LogP contribution in [-0.2, 0) is 0 Å². The minimum absolute atomic E-state index is 0.170. The van der Waals surface area contributed by atoms with Crippen molar-refractivity contribution in [3.63, 3.8) is 0 Å². The number of hydrogen-bond donors (Lipinski definition) is 1. The number of hydrogen-bond acceptors (Lipinski definition) is 8. The zero-order valence-corrected chi connectivity index (χ0v) is 17.9. The minimum atomic E-state index is -0.254. The van der Waals surface area contributed by atoms with Gasteiger partial charge in [-0.15, -0.1) is 0 Å². The molecule has 2 fully saturated rings. The SMILES string of the molecule is COc1cc(N2CCN(C)CC2)ccc1Nc1ncc2cnc(=O)n(C3CCC3)c2n1. The van der Waals surface area contributed by atoms with Crippen LogP contribution in [0.15, 0.2) is 35.4 Å². The molecular weight excluding hydrogens is 394 g/mol. The van der Waals surface area contributed by atoms with Crippen LogP contribution < -0.4 is 20.6 Å². The van der Waals surface area contributed by atoms with Gasteiger partial charge in [-0.2, -0.15) is 4.98 Å². The summed E-state index contributed by atoms with van der Waals surface area (Å²) in [7, 11) is 3.81. The number of likely N-dealkylation sites (N-methyl/N-ethyl adjacent to an activating group) is 1. The Labute approximate surface area is 180 Å². The van der Waals surface area contributed by atoms with Crippen molar-refractivity contribution in [3.8, 4) is 5.75 Å². The second kappa shape index (κ2) is 8.14. The lowest BCUT2D eigenvalue weighted by Gasteiger charge is -2.34. The molecule has 0 radical (unpaired) electrons. The molecule has 0 bridgehead atoms. The Hall–Kier alpha value is -3.20. The quantitative estimate of drug-likeness (QED) is 0.672. The molecule has 2 aliphatic rings. The van der Waals surface area contributed by atoms with Gasteiger partial charge in [-0.05, 0) is 38.4 Å². The standard InChI is InChI=1S/C22H27N7O2/c1-27-8-10-28(11-9-27)17-6-7-18(19(12-17)31-2)25-21-23-13-15-14-24-22(30)29(20(15)26-21)16-4-3-5-16/h6-7,12-14,16H,3-5,8-11H2,1-2H3,(H,23,25,26). The van der Waals surface area contributed by atoms with E-state index in [4.69, 9.17) is 4.74 Å². The highest BCUT2D eigenvalue weighted by Gasteiger charge is 2.23. The molecule has 3 aromatic rings. The highest BCUT2D eigenvalue weighted by Crippen LogP contribution is 2.33. The lowest BCUT2D eigenvalue weighted by molar-refractivity contribution is 0.310. The number of methoxy groups -OCH3 is 1. The molecule has 162 valence electrons. The van der Waals surface area contributed by atoms with E-state index in [1.807, 2.05) is 12.1 Å². The summed E-state index contributed by atoms with van der Waals surface area (Å²) in [6, 6.07) is 6.30. The molecule has 0 spiro atoms. The molecule has 0 atom stereocenters. The third-order valence-electron chi connectivity index (χ3n) is 6.28. The van der Waals surface area contributed by atoms with Crippen molar-refractivity contribution in [2.24, 2.45) is 0 Å². The lowest BCUT2D eigenvalue weighted by atomic mass is 9.93. The first-order chi connectivity index (χ1) is 15.1. The summed E-state index contributed by atoms with van der Waals surface area (Å²) in [5.74, 6) is 1.16. The molecule has 2 aromatic heterocycles. The van der Waals surface area contributed by atoms with Crippen molar-refractivity contribution in [3.05, 3.63) is 41.1 Å². The smallest absolute Gasteiger partial charge is 0.349 e. The Balaban J connectivity index is 1.44. The van der Waals surface area contributed by atoms with Gasteiger partial charge in [0.15, 0.2) is 5.65 Å². The molecule has 3 heterocycles. The van der Waals surface area contributed by atoms with Crippen LogP contribution in [0.1, 0.15) is 25.3 Å². The van der Waals surface area contributed by atoms with Crippen molar-refractivity contribution >= 4 is 28.4 Å². The highest BCUT2D eigenvalue weighted by molar-refractivity contribution is 5.76. The summed E-state index contributed by atoms with van der Waals surface area (Å²) in [5, 5.41) is 4.02. The predicted octanol–water partition coefficient (Wildman–Crippen LogP) is 2.42. The molecule has 0 amide bonds. The second-order valence-corrected chi connectivity index (χ2v) is 8.27. The maximum Gasteiger partial charge on any atom is 0.349 e. The number of rotatable bonds is 5. The van der Waals surface area contributed by atoms with Crippen LogP contribution in [0.4, 0.5) is 17.3 Å². The molecule has 1 aliphatic heterocycles. The van der Waals surface area contributed by atoms with E-state index in [0.29, 0.717) is 11.6 Å². The summed E-state index contributed by atoms with van der Waals surface area (Å²) in [6.07, 6.45) is 6.34. The predicted molar refractivity (Wildman–Crippen MR) is 120 cm³/mol. The van der Waals surface area contributed by atoms with E-state index in [2.05, 4.69) is 43.2 Å². The highest BCUT2D eigenvalue weighted by atomic mass is 16.5. The third kappa shape index (κ3) is 3.81. The molecule has 1 saturated carbocycles. The van der Waals surface area contributed by atoms with Crippen LogP contribution in [0.25, 0.3) is 11.0 Å². The fraction of sp³-hybridized carbons (Fsp3) is 0.455. The van der Waals surface area contributed by atoms with Gasteiger partial charge in [0.05, 0.1) is 18.2 Å². The van der Waals surface area contributed by atoms with Crippen molar-refractivity contribution in [1.82, 2.24) is 24.4 Å². The Kier molecular flexibility index (Phi) is 5.19. The van der Waals surface area contributed by atoms with E-state index in [1.54, 1.807) is 24.1 Å².